The molecule has 1 saturated heterocycles. The molecule has 0 amide bonds. The number of hydrogen-bond donors (Lipinski definition) is 1. The van der Waals surface area contributed by atoms with E-state index in [0.717, 1.165) is 16.7 Å². The molecule has 15 nitrogen and oxygen atoms in total. The van der Waals surface area contributed by atoms with E-state index < -0.39 is 55.0 Å². The minimum Gasteiger partial charge on any atom is -0.393 e. The molecule has 3 aromatic carbocycles. The number of aliphatic hydroxyl groups excluding tert-OH is 1. The molecule has 2 aliphatic rings. The van der Waals surface area contributed by atoms with Crippen molar-refractivity contribution in [1.82, 2.24) is 0 Å². The number of benzene rings is 3. The minimum absolute atomic E-state index is 0.0135. The summed E-state index contributed by atoms with van der Waals surface area (Å²) in [7, 11) is 0. The van der Waals surface area contributed by atoms with Gasteiger partial charge in [-0.15, -0.1) is 0 Å². The van der Waals surface area contributed by atoms with Gasteiger partial charge in [0.15, 0.2) is 6.29 Å². The van der Waals surface area contributed by atoms with E-state index in [4.69, 9.17) is 29.2 Å². The molecule has 1 N–H and O–H groups in total. The van der Waals surface area contributed by atoms with Gasteiger partial charge in [-0.1, -0.05) is 106 Å². The molecule has 48 heavy (non-hydrogen) atoms. The normalized spacial score (nSPS) is 28.3. The van der Waals surface area contributed by atoms with Gasteiger partial charge >= 0.3 is 0 Å². The van der Waals surface area contributed by atoms with E-state index in [1.807, 2.05) is 91.0 Å². The van der Waals surface area contributed by atoms with Gasteiger partial charge in [0.1, 0.15) is 18.3 Å². The van der Waals surface area contributed by atoms with Gasteiger partial charge in [0, 0.05) is 14.7 Å². The summed E-state index contributed by atoms with van der Waals surface area (Å²) in [6.07, 6.45) is -6.18. The first-order valence-electron chi connectivity index (χ1n) is 15.6. The molecule has 1 heterocycles. The van der Waals surface area contributed by atoms with Crippen LogP contribution in [0.4, 0.5) is 0 Å². The van der Waals surface area contributed by atoms with Crippen molar-refractivity contribution in [2.75, 3.05) is 6.54 Å². The molecule has 0 unspecified atom stereocenters. The molecule has 2 fully saturated rings. The van der Waals surface area contributed by atoms with Crippen molar-refractivity contribution in [1.29, 1.82) is 0 Å². The lowest BCUT2D eigenvalue weighted by molar-refractivity contribution is -0.332. The number of rotatable bonds is 15. The molecule has 0 aromatic heterocycles. The maximum absolute atomic E-state index is 10.6. The van der Waals surface area contributed by atoms with Gasteiger partial charge in [-0.05, 0) is 46.1 Å². The lowest BCUT2D eigenvalue weighted by Gasteiger charge is -2.47. The molecule has 15 heteroatoms. The van der Waals surface area contributed by atoms with Gasteiger partial charge in [0.25, 0.3) is 0 Å². The average Bonchev–Trinajstić information content (AvgIpc) is 3.12. The summed E-state index contributed by atoms with van der Waals surface area (Å²) in [5.41, 5.74) is 30.4. The fraction of sp³-hybridized carbons (Fsp3) is 0.455. The molecule has 1 aliphatic carbocycles. The zero-order valence-electron chi connectivity index (χ0n) is 26.1. The van der Waals surface area contributed by atoms with Crippen LogP contribution >= 0.6 is 0 Å². The number of nitrogens with zero attached hydrogens (tertiary/aromatic N) is 9. The standard InChI is InChI=1S/C33H37N9O6/c34-40-37-18-29-30(44-19-22-10-4-1-5-11-22)31(45-20-23-12-6-2-7-13-23)32(46-21-24-14-8-3-9-15-24)33(48-29)47-28-17-25(38-41-35)27(43)16-26(28)39-42-36/h1-15,25-33,43H,16-21H2/t25-,26-,27-,28-,29-,30-,31+,32-,33+/m1/s1. The summed E-state index contributed by atoms with van der Waals surface area (Å²) in [6.45, 7) is 0.504. The molecule has 1 saturated carbocycles. The quantitative estimate of drug-likeness (QED) is 0.107. The van der Waals surface area contributed by atoms with Crippen LogP contribution in [-0.2, 0) is 43.5 Å². The van der Waals surface area contributed by atoms with Crippen LogP contribution in [0.25, 0.3) is 31.3 Å². The Bertz CT molecular complexity index is 1570. The number of azide groups is 3. The van der Waals surface area contributed by atoms with Crippen molar-refractivity contribution >= 4 is 0 Å². The second kappa shape index (κ2) is 18.0. The van der Waals surface area contributed by atoms with Crippen LogP contribution in [0.2, 0.25) is 0 Å². The van der Waals surface area contributed by atoms with Crippen molar-refractivity contribution in [3.63, 3.8) is 0 Å². The van der Waals surface area contributed by atoms with E-state index in [2.05, 4.69) is 30.1 Å². The van der Waals surface area contributed by atoms with E-state index in [0.29, 0.717) is 0 Å². The molecule has 0 spiro atoms. The maximum Gasteiger partial charge on any atom is 0.187 e. The predicted octanol–water partition coefficient (Wildman–Crippen LogP) is 6.68. The molecule has 9 atom stereocenters. The van der Waals surface area contributed by atoms with Crippen LogP contribution in [0.15, 0.2) is 106 Å². The lowest BCUT2D eigenvalue weighted by Crippen LogP contribution is -2.62. The smallest absolute Gasteiger partial charge is 0.187 e. The number of ether oxygens (including phenoxy) is 5. The summed E-state index contributed by atoms with van der Waals surface area (Å²) >= 11 is 0. The van der Waals surface area contributed by atoms with E-state index in [9.17, 15) is 16.2 Å². The van der Waals surface area contributed by atoms with E-state index in [1.54, 1.807) is 0 Å². The molecular formula is C33H37N9O6. The monoisotopic (exact) mass is 655 g/mol. The fourth-order valence-electron chi connectivity index (χ4n) is 5.92. The highest BCUT2D eigenvalue weighted by Gasteiger charge is 2.50. The largest absolute Gasteiger partial charge is 0.393 e. The highest BCUT2D eigenvalue weighted by Crippen LogP contribution is 2.35. The third-order valence-corrected chi connectivity index (χ3v) is 8.31. The Morgan fingerprint density at radius 1 is 0.646 bits per heavy atom. The average molecular weight is 656 g/mol. The van der Waals surface area contributed by atoms with Crippen molar-refractivity contribution < 1.29 is 28.8 Å². The van der Waals surface area contributed by atoms with Crippen LogP contribution in [0.3, 0.4) is 0 Å². The first kappa shape index (κ1) is 34.7. The first-order valence-corrected chi connectivity index (χ1v) is 15.6. The van der Waals surface area contributed by atoms with Gasteiger partial charge < -0.3 is 28.8 Å². The molecule has 0 radical (unpaired) electrons. The predicted molar refractivity (Wildman–Crippen MR) is 174 cm³/mol. The van der Waals surface area contributed by atoms with E-state index in [-0.39, 0.29) is 39.2 Å². The van der Waals surface area contributed by atoms with Crippen molar-refractivity contribution in [2.45, 2.75) is 87.7 Å². The Morgan fingerprint density at radius 2 is 1.15 bits per heavy atom. The SMILES string of the molecule is [N-]=[N+]=NC[C@H]1O[C@H](O[C@@H]2C[C@@H](N=[N+]=[N-])[C@H](O)C[C@H]2N=[N+]=[N-])[C@H](OCc2ccccc2)[C@@H](OCc2ccccc2)[C@@H]1OCc1ccccc1. The minimum atomic E-state index is -1.13. The molecule has 0 bridgehead atoms. The van der Waals surface area contributed by atoms with E-state index in [1.165, 1.54) is 0 Å². The van der Waals surface area contributed by atoms with Crippen molar-refractivity contribution in [2.24, 2.45) is 15.3 Å². The maximum atomic E-state index is 10.6. The summed E-state index contributed by atoms with van der Waals surface area (Å²) in [4.78, 5) is 8.79. The van der Waals surface area contributed by atoms with E-state index >= 15 is 0 Å². The Hall–Kier alpha value is -4.65. The van der Waals surface area contributed by atoms with Gasteiger partial charge in [-0.2, -0.15) is 0 Å². The highest BCUT2D eigenvalue weighted by atomic mass is 16.7. The zero-order chi connectivity index (χ0) is 33.6. The molecule has 5 rings (SSSR count). The number of aliphatic hydroxyl groups is 1. The van der Waals surface area contributed by atoms with Crippen LogP contribution in [-0.4, -0.2) is 66.6 Å². The summed E-state index contributed by atoms with van der Waals surface area (Å²) < 4.78 is 32.7. The lowest BCUT2D eigenvalue weighted by atomic mass is 9.87. The van der Waals surface area contributed by atoms with Crippen molar-refractivity contribution in [3.8, 4) is 0 Å². The van der Waals surface area contributed by atoms with Crippen LogP contribution in [0, 0.1) is 0 Å². The molecular weight excluding hydrogens is 618 g/mol. The topological polar surface area (TPSA) is 213 Å². The fourth-order valence-corrected chi connectivity index (χ4v) is 5.92. The Balaban J connectivity index is 1.51. The molecule has 1 aliphatic heterocycles. The van der Waals surface area contributed by atoms with Gasteiger partial charge in [0.05, 0.1) is 56.8 Å². The Morgan fingerprint density at radius 3 is 1.67 bits per heavy atom. The van der Waals surface area contributed by atoms with Gasteiger partial charge in [-0.25, -0.2) is 0 Å². The summed E-state index contributed by atoms with van der Waals surface area (Å²) in [5.74, 6) is 0. The second-order valence-corrected chi connectivity index (χ2v) is 11.5. The van der Waals surface area contributed by atoms with Crippen LogP contribution < -0.4 is 0 Å². The Labute approximate surface area is 277 Å². The third kappa shape index (κ3) is 9.46. The summed E-state index contributed by atoms with van der Waals surface area (Å²) in [6, 6.07) is 27.2. The van der Waals surface area contributed by atoms with Gasteiger partial charge in [0.2, 0.25) is 0 Å². The van der Waals surface area contributed by atoms with Crippen molar-refractivity contribution in [3.05, 3.63) is 139 Å². The molecule has 3 aromatic rings. The number of hydrogen-bond acceptors (Lipinski definition) is 9. The molecule has 250 valence electrons. The Kier molecular flexibility index (Phi) is 13.0. The zero-order valence-corrected chi connectivity index (χ0v) is 26.1. The highest BCUT2D eigenvalue weighted by molar-refractivity contribution is 5.16. The van der Waals surface area contributed by atoms with Crippen LogP contribution in [0.5, 0.6) is 0 Å². The van der Waals surface area contributed by atoms with Crippen LogP contribution in [0.1, 0.15) is 29.5 Å². The first-order chi connectivity index (χ1) is 23.6. The second-order valence-electron chi connectivity index (χ2n) is 11.5. The third-order valence-electron chi connectivity index (χ3n) is 8.31. The summed E-state index contributed by atoms with van der Waals surface area (Å²) in [5, 5.41) is 22.0. The van der Waals surface area contributed by atoms with Gasteiger partial charge in [-0.3, -0.25) is 0 Å².